The molecule has 47 heavy (non-hydrogen) atoms. The zero-order valence-corrected chi connectivity index (χ0v) is 32.8. The molecule has 0 bridgehead atoms. The highest BCUT2D eigenvalue weighted by Gasteiger charge is 2.32. The van der Waals surface area contributed by atoms with Gasteiger partial charge in [0, 0.05) is 83.7 Å². The molecule has 2 aliphatic heterocycles. The average Bonchev–Trinajstić information content (AvgIpc) is 2.96. The van der Waals surface area contributed by atoms with Crippen LogP contribution in [0.25, 0.3) is 0 Å². The second-order valence-corrected chi connectivity index (χ2v) is 18.9. The lowest BCUT2D eigenvalue weighted by Gasteiger charge is -2.34. The van der Waals surface area contributed by atoms with E-state index in [4.69, 9.17) is 20.2 Å². The van der Waals surface area contributed by atoms with E-state index in [-0.39, 0.29) is 34.6 Å². The quantitative estimate of drug-likeness (QED) is 0.323. The first kappa shape index (κ1) is 41.1. The summed E-state index contributed by atoms with van der Waals surface area (Å²) in [5, 5.41) is 0. The summed E-state index contributed by atoms with van der Waals surface area (Å²) in [6.07, 6.45) is 8.39. The molecule has 2 aromatic rings. The highest BCUT2D eigenvalue weighted by Crippen LogP contribution is 2.21. The van der Waals surface area contributed by atoms with Crippen molar-refractivity contribution in [3.63, 3.8) is 0 Å². The lowest BCUT2D eigenvalue weighted by molar-refractivity contribution is 0.0189. The first-order valence-electron chi connectivity index (χ1n) is 14.7. The molecule has 0 atom stereocenters. The number of carbonyl (C=O) groups excluding carboxylic acids is 2. The fraction of sp³-hybridized carbons (Fsp3) is 0.586. The number of sulfonamides is 1. The van der Waals surface area contributed by atoms with E-state index in [2.05, 4.69) is 41.8 Å². The van der Waals surface area contributed by atoms with Gasteiger partial charge in [-0.25, -0.2) is 26.4 Å². The normalized spacial score (nSPS) is 16.2. The smallest absolute Gasteiger partial charge is 0.410 e. The monoisotopic (exact) mass is 845 g/mol. The van der Waals surface area contributed by atoms with Gasteiger partial charge >= 0.3 is 12.2 Å². The minimum atomic E-state index is -3.65. The van der Waals surface area contributed by atoms with Crippen molar-refractivity contribution < 1.29 is 35.9 Å². The van der Waals surface area contributed by atoms with Crippen LogP contribution >= 0.6 is 42.5 Å². The number of halogens is 3. The Morgan fingerprint density at radius 1 is 0.681 bits per heavy atom. The van der Waals surface area contributed by atoms with Gasteiger partial charge in [0.2, 0.25) is 10.0 Å². The van der Waals surface area contributed by atoms with Crippen molar-refractivity contribution in [1.29, 1.82) is 0 Å². The van der Waals surface area contributed by atoms with E-state index >= 15 is 0 Å². The topological polar surface area (TPSA) is 156 Å². The van der Waals surface area contributed by atoms with Crippen LogP contribution in [-0.4, -0.2) is 104 Å². The third-order valence-corrected chi connectivity index (χ3v) is 10.2. The van der Waals surface area contributed by atoms with Crippen molar-refractivity contribution in [3.05, 3.63) is 45.9 Å². The number of carbonyl (C=O) groups is 2. The predicted octanol–water partition coefficient (Wildman–Crippen LogP) is 6.26. The van der Waals surface area contributed by atoms with Crippen LogP contribution in [0.15, 0.2) is 55.7 Å². The molecule has 13 nitrogen and oxygen atoms in total. The number of nitrogens with zero attached hydrogens (tertiary/aromatic N) is 5. The van der Waals surface area contributed by atoms with Crippen LogP contribution in [0.4, 0.5) is 9.59 Å². The number of ether oxygens (including phenoxy) is 2. The van der Waals surface area contributed by atoms with Gasteiger partial charge in [-0.15, -0.1) is 0 Å². The Balaban J connectivity index is 0.000000270. The van der Waals surface area contributed by atoms with Crippen molar-refractivity contribution in [1.82, 2.24) is 24.1 Å². The first-order chi connectivity index (χ1) is 21.6. The van der Waals surface area contributed by atoms with Gasteiger partial charge in [0.25, 0.3) is 9.05 Å². The Morgan fingerprint density at radius 2 is 1.09 bits per heavy atom. The van der Waals surface area contributed by atoms with E-state index in [9.17, 15) is 26.4 Å². The SMILES string of the molecule is CC(C)(C)OC(=O)N1CCCCC1.CC(C)(C)OC(=O)N1CCN(S(=O)(=O)c2cncc(Br)c2)CC1.O=S(=O)(Cl)c1cncc(Br)c1. The van der Waals surface area contributed by atoms with Crippen molar-refractivity contribution in [2.24, 2.45) is 0 Å². The Labute approximate surface area is 299 Å². The molecule has 2 fully saturated rings. The molecule has 0 spiro atoms. The van der Waals surface area contributed by atoms with Crippen LogP contribution in [0.2, 0.25) is 0 Å². The summed E-state index contributed by atoms with van der Waals surface area (Å²) in [5.74, 6) is 0. The Hall–Kier alpha value is -2.05. The highest BCUT2D eigenvalue weighted by molar-refractivity contribution is 9.10. The van der Waals surface area contributed by atoms with Crippen LogP contribution in [0.5, 0.6) is 0 Å². The van der Waals surface area contributed by atoms with Gasteiger partial charge in [-0.05, 0) is 105 Å². The van der Waals surface area contributed by atoms with E-state index in [0.29, 0.717) is 22.0 Å². The van der Waals surface area contributed by atoms with Crippen LogP contribution in [0, 0.1) is 0 Å². The van der Waals surface area contributed by atoms with Crippen molar-refractivity contribution in [2.45, 2.75) is 81.8 Å². The third-order valence-electron chi connectivity index (χ3n) is 6.18. The van der Waals surface area contributed by atoms with Crippen LogP contribution in [0.1, 0.15) is 60.8 Å². The molecule has 0 aromatic carbocycles. The van der Waals surface area contributed by atoms with E-state index in [0.717, 1.165) is 25.9 Å². The molecule has 0 aliphatic carbocycles. The second-order valence-electron chi connectivity index (χ2n) is 12.5. The molecule has 0 saturated carbocycles. The van der Waals surface area contributed by atoms with Gasteiger partial charge in [0.15, 0.2) is 0 Å². The van der Waals surface area contributed by atoms with Gasteiger partial charge in [-0.3, -0.25) is 9.97 Å². The number of piperidine rings is 1. The minimum Gasteiger partial charge on any atom is -0.444 e. The molecule has 0 unspecified atom stereocenters. The molecule has 2 saturated heterocycles. The van der Waals surface area contributed by atoms with E-state index in [1.54, 1.807) is 25.7 Å². The van der Waals surface area contributed by atoms with Crippen LogP contribution in [-0.2, 0) is 28.5 Å². The third kappa shape index (κ3) is 14.9. The molecule has 0 N–H and O–H groups in total. The zero-order valence-electron chi connectivity index (χ0n) is 27.3. The largest absolute Gasteiger partial charge is 0.444 e. The summed E-state index contributed by atoms with van der Waals surface area (Å²) in [4.78, 5) is 34.5. The summed E-state index contributed by atoms with van der Waals surface area (Å²) in [6, 6.07) is 2.90. The number of aromatic nitrogens is 2. The molecular formula is C29H42Br2ClN5O8S2. The number of piperazine rings is 1. The molecule has 2 amide bonds. The lowest BCUT2D eigenvalue weighted by Crippen LogP contribution is -2.51. The molecule has 2 aromatic heterocycles. The Kier molecular flexibility index (Phi) is 15.4. The molecule has 0 radical (unpaired) electrons. The molecular weight excluding hydrogens is 806 g/mol. The molecule has 264 valence electrons. The molecule has 18 heteroatoms. The highest BCUT2D eigenvalue weighted by atomic mass is 79.9. The summed E-state index contributed by atoms with van der Waals surface area (Å²) in [6.45, 7) is 13.9. The van der Waals surface area contributed by atoms with Crippen LogP contribution < -0.4 is 0 Å². The molecule has 4 heterocycles. The predicted molar refractivity (Wildman–Crippen MR) is 185 cm³/mol. The first-order valence-corrected chi connectivity index (χ1v) is 20.0. The average molecular weight is 848 g/mol. The molecule has 4 rings (SSSR count). The summed E-state index contributed by atoms with van der Waals surface area (Å²) in [5.41, 5.74) is -0.934. The second kappa shape index (κ2) is 17.6. The van der Waals surface area contributed by atoms with Gasteiger partial charge < -0.3 is 19.3 Å². The van der Waals surface area contributed by atoms with E-state index in [1.165, 1.54) is 52.5 Å². The fourth-order valence-electron chi connectivity index (χ4n) is 4.05. The Bertz CT molecular complexity index is 1570. The van der Waals surface area contributed by atoms with Crippen LogP contribution in [0.3, 0.4) is 0 Å². The number of likely N-dealkylation sites (tertiary alicyclic amines) is 1. The molecule has 2 aliphatic rings. The number of rotatable bonds is 3. The van der Waals surface area contributed by atoms with Gasteiger partial charge in [-0.2, -0.15) is 4.31 Å². The number of pyridine rings is 2. The van der Waals surface area contributed by atoms with E-state index < -0.39 is 30.8 Å². The fourth-order valence-corrected chi connectivity index (χ4v) is 7.20. The van der Waals surface area contributed by atoms with Crippen molar-refractivity contribution in [3.8, 4) is 0 Å². The van der Waals surface area contributed by atoms with Gasteiger partial charge in [0.1, 0.15) is 21.0 Å². The standard InChI is InChI=1S/C14H20BrN3O4S.C10H19NO2.C5H3BrClNO2S/c1-14(2,3)22-13(19)17-4-6-18(7-5-17)23(20,21)12-8-11(15)9-16-10-12;1-10(2,3)13-9(12)11-7-5-4-6-8-11;6-4-1-5(3-8-2-4)11(7,9)10/h8-10H,4-7H2,1-3H3;4-8H2,1-3H3;1-3H. The Morgan fingerprint density at radius 3 is 1.47 bits per heavy atom. The number of hydrogen-bond donors (Lipinski definition) is 0. The summed E-state index contributed by atoms with van der Waals surface area (Å²) >= 11 is 6.29. The van der Waals surface area contributed by atoms with Crippen molar-refractivity contribution in [2.75, 3.05) is 39.3 Å². The maximum absolute atomic E-state index is 12.6. The summed E-state index contributed by atoms with van der Waals surface area (Å²) < 4.78 is 59.6. The summed E-state index contributed by atoms with van der Waals surface area (Å²) in [7, 11) is -2.21. The zero-order chi connectivity index (χ0) is 35.6. The lowest BCUT2D eigenvalue weighted by atomic mass is 10.1. The minimum absolute atomic E-state index is 0.00598. The van der Waals surface area contributed by atoms with E-state index in [1.807, 2.05) is 20.8 Å². The van der Waals surface area contributed by atoms with Crippen molar-refractivity contribution >= 4 is 73.8 Å². The number of hydrogen-bond acceptors (Lipinski definition) is 10. The van der Waals surface area contributed by atoms with Gasteiger partial charge in [-0.1, -0.05) is 0 Å². The van der Waals surface area contributed by atoms with Gasteiger partial charge in [0.05, 0.1) is 0 Å². The number of amides is 2. The maximum Gasteiger partial charge on any atom is 0.410 e. The maximum atomic E-state index is 12.6.